The van der Waals surface area contributed by atoms with Gasteiger partial charge in [-0.1, -0.05) is 30.3 Å². The summed E-state index contributed by atoms with van der Waals surface area (Å²) in [5.41, 5.74) is 0.580. The van der Waals surface area contributed by atoms with Gasteiger partial charge in [-0.3, -0.25) is 0 Å². The fourth-order valence-electron chi connectivity index (χ4n) is 1.38. The summed E-state index contributed by atoms with van der Waals surface area (Å²) in [6.45, 7) is 0. The highest BCUT2D eigenvalue weighted by molar-refractivity contribution is 5.65. The Kier molecular flexibility index (Phi) is 4.30. The Labute approximate surface area is 92.9 Å². The van der Waals surface area contributed by atoms with Crippen LogP contribution in [0.15, 0.2) is 30.3 Å². The molecule has 84 valence electrons. The van der Waals surface area contributed by atoms with Gasteiger partial charge in [-0.05, 0) is 5.56 Å². The minimum atomic E-state index is -1.25. The van der Waals surface area contributed by atoms with Gasteiger partial charge in [0.05, 0.1) is 18.5 Å². The maximum absolute atomic E-state index is 10.5. The van der Waals surface area contributed by atoms with Crippen molar-refractivity contribution < 1.29 is 15.0 Å². The highest BCUT2D eigenvalue weighted by Crippen LogP contribution is 2.18. The van der Waals surface area contributed by atoms with E-state index in [9.17, 15) is 9.90 Å². The molecule has 1 aromatic carbocycles. The number of hydrogen-bond donors (Lipinski definition) is 3. The Balaban J connectivity index is 2.79. The van der Waals surface area contributed by atoms with Gasteiger partial charge in [0.15, 0.2) is 0 Å². The van der Waals surface area contributed by atoms with Crippen molar-refractivity contribution in [3.8, 4) is 6.07 Å². The van der Waals surface area contributed by atoms with Crippen molar-refractivity contribution in [1.29, 1.82) is 5.26 Å². The van der Waals surface area contributed by atoms with Crippen LogP contribution in [-0.4, -0.2) is 22.3 Å². The summed E-state index contributed by atoms with van der Waals surface area (Å²) < 4.78 is 0. The smallest absolute Gasteiger partial charge is 0.405 e. The number of hydrogen-bond acceptors (Lipinski definition) is 3. The van der Waals surface area contributed by atoms with Crippen LogP contribution in [0.2, 0.25) is 0 Å². The van der Waals surface area contributed by atoms with E-state index in [0.29, 0.717) is 5.56 Å². The fourth-order valence-corrected chi connectivity index (χ4v) is 1.38. The van der Waals surface area contributed by atoms with E-state index in [1.54, 1.807) is 30.3 Å². The van der Waals surface area contributed by atoms with E-state index in [-0.39, 0.29) is 6.42 Å². The van der Waals surface area contributed by atoms with Crippen LogP contribution >= 0.6 is 0 Å². The molecule has 16 heavy (non-hydrogen) atoms. The van der Waals surface area contributed by atoms with Gasteiger partial charge in [0, 0.05) is 0 Å². The molecule has 1 rings (SSSR count). The molecule has 0 aromatic heterocycles. The summed E-state index contributed by atoms with van der Waals surface area (Å²) in [5, 5.41) is 29.1. The summed E-state index contributed by atoms with van der Waals surface area (Å²) in [4.78, 5) is 10.5. The molecule has 0 bridgehead atoms. The Bertz CT molecular complexity index is 386. The molecule has 0 radical (unpaired) electrons. The van der Waals surface area contributed by atoms with Crippen molar-refractivity contribution in [3.63, 3.8) is 0 Å². The molecule has 1 unspecified atom stereocenters. The molecule has 5 heteroatoms. The lowest BCUT2D eigenvalue weighted by Crippen LogP contribution is -2.38. The largest absolute Gasteiger partial charge is 0.465 e. The molecule has 0 fully saturated rings. The first kappa shape index (κ1) is 12.0. The second-order valence-electron chi connectivity index (χ2n) is 3.27. The van der Waals surface area contributed by atoms with Gasteiger partial charge in [0.1, 0.15) is 6.10 Å². The number of aliphatic hydroxyl groups is 1. The van der Waals surface area contributed by atoms with Gasteiger partial charge in [0.2, 0.25) is 0 Å². The third kappa shape index (κ3) is 3.26. The average Bonchev–Trinajstić information content (AvgIpc) is 2.28. The molecule has 3 N–H and O–H groups in total. The lowest BCUT2D eigenvalue weighted by atomic mass is 10.0. The van der Waals surface area contributed by atoms with Crippen molar-refractivity contribution in [1.82, 2.24) is 5.32 Å². The molecular weight excluding hydrogens is 208 g/mol. The molecule has 0 spiro atoms. The van der Waals surface area contributed by atoms with Gasteiger partial charge in [-0.25, -0.2) is 4.79 Å². The van der Waals surface area contributed by atoms with Crippen LogP contribution in [0.25, 0.3) is 0 Å². The number of amides is 1. The molecular formula is C11H12N2O3. The van der Waals surface area contributed by atoms with Gasteiger partial charge in [0.25, 0.3) is 0 Å². The maximum atomic E-state index is 10.5. The summed E-state index contributed by atoms with van der Waals surface area (Å²) in [5.74, 6) is 0. The summed E-state index contributed by atoms with van der Waals surface area (Å²) >= 11 is 0. The number of carbonyl (C=O) groups is 1. The average molecular weight is 220 g/mol. The van der Waals surface area contributed by atoms with E-state index in [0.717, 1.165) is 0 Å². The Morgan fingerprint density at radius 2 is 2.06 bits per heavy atom. The quantitative estimate of drug-likeness (QED) is 0.712. The van der Waals surface area contributed by atoms with Gasteiger partial charge in [-0.15, -0.1) is 0 Å². The first-order valence-corrected chi connectivity index (χ1v) is 4.74. The molecule has 0 aliphatic heterocycles. The number of nitriles is 1. The minimum Gasteiger partial charge on any atom is -0.465 e. The Morgan fingerprint density at radius 3 is 2.56 bits per heavy atom. The van der Waals surface area contributed by atoms with Crippen molar-refractivity contribution in [3.05, 3.63) is 35.9 Å². The predicted molar refractivity (Wildman–Crippen MR) is 56.6 cm³/mol. The van der Waals surface area contributed by atoms with E-state index in [4.69, 9.17) is 10.4 Å². The molecule has 1 amide bonds. The van der Waals surface area contributed by atoms with E-state index in [1.807, 2.05) is 6.07 Å². The molecule has 0 aliphatic carbocycles. The highest BCUT2D eigenvalue weighted by atomic mass is 16.4. The number of aliphatic hydroxyl groups excluding tert-OH is 1. The van der Waals surface area contributed by atoms with Crippen LogP contribution in [0.5, 0.6) is 0 Å². The number of nitrogens with one attached hydrogen (secondary N) is 1. The zero-order valence-corrected chi connectivity index (χ0v) is 8.50. The summed E-state index contributed by atoms with van der Waals surface area (Å²) in [6, 6.07) is 9.65. The first-order valence-electron chi connectivity index (χ1n) is 4.74. The third-order valence-corrected chi connectivity index (χ3v) is 2.14. The van der Waals surface area contributed by atoms with E-state index < -0.39 is 18.2 Å². The van der Waals surface area contributed by atoms with Crippen LogP contribution in [0, 0.1) is 11.3 Å². The second kappa shape index (κ2) is 5.73. The molecule has 0 aliphatic rings. The van der Waals surface area contributed by atoms with Crippen LogP contribution in [0.4, 0.5) is 4.79 Å². The molecule has 0 saturated carbocycles. The molecule has 0 heterocycles. The van der Waals surface area contributed by atoms with Crippen LogP contribution < -0.4 is 5.32 Å². The molecule has 5 nitrogen and oxygen atoms in total. The number of benzene rings is 1. The second-order valence-corrected chi connectivity index (χ2v) is 3.27. The topological polar surface area (TPSA) is 93.4 Å². The molecule has 2 atom stereocenters. The number of rotatable bonds is 4. The maximum Gasteiger partial charge on any atom is 0.405 e. The molecule has 0 saturated heterocycles. The molecule has 1 aromatic rings. The van der Waals surface area contributed by atoms with Crippen molar-refractivity contribution in [2.45, 2.75) is 18.6 Å². The summed E-state index contributed by atoms with van der Waals surface area (Å²) in [7, 11) is 0. The SMILES string of the molecule is N#CCC(NC(=O)O)[C@H](O)c1ccccc1. The zero-order chi connectivity index (χ0) is 12.0. The van der Waals surface area contributed by atoms with Crippen LogP contribution in [-0.2, 0) is 0 Å². The minimum absolute atomic E-state index is 0.0810. The highest BCUT2D eigenvalue weighted by Gasteiger charge is 2.22. The van der Waals surface area contributed by atoms with Gasteiger partial charge < -0.3 is 15.5 Å². The third-order valence-electron chi connectivity index (χ3n) is 2.14. The lowest BCUT2D eigenvalue weighted by Gasteiger charge is -2.20. The van der Waals surface area contributed by atoms with Crippen molar-refractivity contribution in [2.75, 3.05) is 0 Å². The zero-order valence-electron chi connectivity index (χ0n) is 8.50. The Hall–Kier alpha value is -2.06. The van der Waals surface area contributed by atoms with Crippen molar-refractivity contribution in [2.24, 2.45) is 0 Å². The van der Waals surface area contributed by atoms with Gasteiger partial charge in [-0.2, -0.15) is 5.26 Å². The van der Waals surface area contributed by atoms with E-state index in [1.165, 1.54) is 0 Å². The fraction of sp³-hybridized carbons (Fsp3) is 0.273. The standard InChI is InChI=1S/C11H12N2O3/c12-7-6-9(13-11(15)16)10(14)8-4-2-1-3-5-8/h1-5,9-10,13-14H,6H2,(H,15,16)/t9?,10-/m1/s1. The van der Waals surface area contributed by atoms with Crippen LogP contribution in [0.1, 0.15) is 18.1 Å². The van der Waals surface area contributed by atoms with E-state index >= 15 is 0 Å². The monoisotopic (exact) mass is 220 g/mol. The first-order chi connectivity index (χ1) is 7.65. The number of nitrogens with zero attached hydrogens (tertiary/aromatic N) is 1. The number of carboxylic acid groups (broad SMARTS) is 1. The summed E-state index contributed by atoms with van der Waals surface area (Å²) in [6.07, 6.45) is -2.35. The Morgan fingerprint density at radius 1 is 1.44 bits per heavy atom. The van der Waals surface area contributed by atoms with Crippen molar-refractivity contribution >= 4 is 6.09 Å². The van der Waals surface area contributed by atoms with E-state index in [2.05, 4.69) is 5.32 Å². The lowest BCUT2D eigenvalue weighted by molar-refractivity contribution is 0.122. The van der Waals surface area contributed by atoms with Crippen LogP contribution in [0.3, 0.4) is 0 Å². The predicted octanol–water partition coefficient (Wildman–Crippen LogP) is 1.27. The normalized spacial score (nSPS) is 13.5. The van der Waals surface area contributed by atoms with Gasteiger partial charge >= 0.3 is 6.09 Å².